The van der Waals surface area contributed by atoms with Crippen LogP contribution < -0.4 is 10.1 Å². The van der Waals surface area contributed by atoms with Crippen molar-refractivity contribution in [3.05, 3.63) is 95.1 Å². The summed E-state index contributed by atoms with van der Waals surface area (Å²) in [6.07, 6.45) is 0.922. The molecule has 0 saturated carbocycles. The Hall–Kier alpha value is -2.74. The van der Waals surface area contributed by atoms with Crippen molar-refractivity contribution < 1.29 is 4.74 Å². The van der Waals surface area contributed by atoms with Crippen LogP contribution in [0.1, 0.15) is 22.3 Å². The normalized spacial score (nSPS) is 10.5. The molecule has 0 saturated heterocycles. The molecule has 0 spiro atoms. The molecule has 3 aromatic rings. The topological polar surface area (TPSA) is 21.3 Å². The van der Waals surface area contributed by atoms with E-state index in [4.69, 9.17) is 4.74 Å². The molecule has 1 N–H and O–H groups in total. The van der Waals surface area contributed by atoms with Gasteiger partial charge in [0, 0.05) is 18.7 Å². The van der Waals surface area contributed by atoms with E-state index < -0.39 is 0 Å². The summed E-state index contributed by atoms with van der Waals surface area (Å²) in [6.45, 7) is 5.76. The van der Waals surface area contributed by atoms with Crippen LogP contribution in [0.4, 0.5) is 5.69 Å². The first-order valence-electron chi connectivity index (χ1n) is 8.78. The van der Waals surface area contributed by atoms with Crippen LogP contribution in [-0.2, 0) is 13.0 Å². The maximum atomic E-state index is 5.92. The lowest BCUT2D eigenvalue weighted by Crippen LogP contribution is -2.04. The first-order valence-corrected chi connectivity index (χ1v) is 8.78. The Morgan fingerprint density at radius 1 is 0.760 bits per heavy atom. The van der Waals surface area contributed by atoms with E-state index in [1.165, 1.54) is 27.9 Å². The smallest absolute Gasteiger partial charge is 0.119 e. The molecule has 0 radical (unpaired) electrons. The van der Waals surface area contributed by atoms with Gasteiger partial charge in [-0.25, -0.2) is 0 Å². The quantitative estimate of drug-likeness (QED) is 0.614. The lowest BCUT2D eigenvalue weighted by atomic mass is 10.1. The molecule has 3 rings (SSSR count). The maximum absolute atomic E-state index is 5.92. The molecule has 0 aliphatic heterocycles. The van der Waals surface area contributed by atoms with Crippen LogP contribution in [0, 0.1) is 13.8 Å². The maximum Gasteiger partial charge on any atom is 0.119 e. The molecule has 2 heteroatoms. The molecule has 25 heavy (non-hydrogen) atoms. The lowest BCUT2D eigenvalue weighted by molar-refractivity contribution is 0.321. The van der Waals surface area contributed by atoms with Crippen molar-refractivity contribution in [1.82, 2.24) is 0 Å². The molecule has 0 unspecified atom stereocenters. The number of hydrogen-bond acceptors (Lipinski definition) is 2. The predicted octanol–water partition coefficient (Wildman–Crippen LogP) is 5.54. The summed E-state index contributed by atoms with van der Waals surface area (Å²) in [5, 5.41) is 3.55. The van der Waals surface area contributed by atoms with E-state index in [-0.39, 0.29) is 0 Å². The first kappa shape index (κ1) is 17.1. The number of benzene rings is 3. The number of anilines is 1. The first-order chi connectivity index (χ1) is 12.2. The fourth-order valence-corrected chi connectivity index (χ4v) is 2.96. The molecular weight excluding hydrogens is 306 g/mol. The SMILES string of the molecule is Cc1cccc(C)c1NCc1cccc(OCCc2ccccc2)c1. The van der Waals surface area contributed by atoms with Gasteiger partial charge in [0.1, 0.15) is 5.75 Å². The van der Waals surface area contributed by atoms with E-state index in [0.29, 0.717) is 6.61 Å². The van der Waals surface area contributed by atoms with Crippen molar-refractivity contribution >= 4 is 5.69 Å². The second-order valence-corrected chi connectivity index (χ2v) is 6.35. The highest BCUT2D eigenvalue weighted by Crippen LogP contribution is 2.21. The van der Waals surface area contributed by atoms with Crippen molar-refractivity contribution in [3.8, 4) is 5.75 Å². The minimum absolute atomic E-state index is 0.692. The number of para-hydroxylation sites is 1. The molecule has 0 atom stereocenters. The summed E-state index contributed by atoms with van der Waals surface area (Å²) < 4.78 is 5.92. The minimum atomic E-state index is 0.692. The average Bonchev–Trinajstić information content (AvgIpc) is 2.63. The molecule has 0 bridgehead atoms. The highest BCUT2D eigenvalue weighted by molar-refractivity contribution is 5.56. The highest BCUT2D eigenvalue weighted by atomic mass is 16.5. The van der Waals surface area contributed by atoms with Crippen LogP contribution in [0.15, 0.2) is 72.8 Å². The number of ether oxygens (including phenoxy) is 1. The average molecular weight is 331 g/mol. The van der Waals surface area contributed by atoms with Crippen LogP contribution in [0.2, 0.25) is 0 Å². The standard InChI is InChI=1S/C23H25NO/c1-18-8-6-9-19(2)23(18)24-17-21-12-7-13-22(16-21)25-15-14-20-10-4-3-5-11-20/h3-13,16,24H,14-15,17H2,1-2H3. The van der Waals surface area contributed by atoms with E-state index in [1.807, 2.05) is 12.1 Å². The molecular formula is C23H25NO. The Kier molecular flexibility index (Phi) is 5.73. The van der Waals surface area contributed by atoms with Crippen LogP contribution in [-0.4, -0.2) is 6.61 Å². The molecule has 0 aromatic heterocycles. The number of rotatable bonds is 7. The number of hydrogen-bond donors (Lipinski definition) is 1. The molecule has 2 nitrogen and oxygen atoms in total. The Morgan fingerprint density at radius 2 is 1.44 bits per heavy atom. The van der Waals surface area contributed by atoms with E-state index >= 15 is 0 Å². The third kappa shape index (κ3) is 4.87. The van der Waals surface area contributed by atoms with Gasteiger partial charge in [-0.1, -0.05) is 60.7 Å². The molecule has 128 valence electrons. The molecule has 0 amide bonds. The van der Waals surface area contributed by atoms with Gasteiger partial charge in [0.25, 0.3) is 0 Å². The zero-order valence-corrected chi connectivity index (χ0v) is 15.0. The molecule has 0 heterocycles. The van der Waals surface area contributed by atoms with Crippen molar-refractivity contribution in [2.75, 3.05) is 11.9 Å². The summed E-state index contributed by atoms with van der Waals surface area (Å²) in [5.74, 6) is 0.928. The fourth-order valence-electron chi connectivity index (χ4n) is 2.96. The summed E-state index contributed by atoms with van der Waals surface area (Å²) in [6, 6.07) is 25.1. The minimum Gasteiger partial charge on any atom is -0.493 e. The van der Waals surface area contributed by atoms with E-state index in [9.17, 15) is 0 Å². The molecule has 3 aromatic carbocycles. The van der Waals surface area contributed by atoms with E-state index in [2.05, 4.69) is 79.8 Å². The zero-order valence-electron chi connectivity index (χ0n) is 15.0. The van der Waals surface area contributed by atoms with Gasteiger partial charge in [-0.05, 0) is 48.2 Å². The van der Waals surface area contributed by atoms with E-state index in [1.54, 1.807) is 0 Å². The van der Waals surface area contributed by atoms with Gasteiger partial charge in [-0.15, -0.1) is 0 Å². The fraction of sp³-hybridized carbons (Fsp3) is 0.217. The summed E-state index contributed by atoms with van der Waals surface area (Å²) >= 11 is 0. The highest BCUT2D eigenvalue weighted by Gasteiger charge is 2.03. The summed E-state index contributed by atoms with van der Waals surface area (Å²) in [5.41, 5.74) is 6.29. The van der Waals surface area contributed by atoms with Crippen LogP contribution in [0.5, 0.6) is 5.75 Å². The number of nitrogens with one attached hydrogen (secondary N) is 1. The lowest BCUT2D eigenvalue weighted by Gasteiger charge is -2.13. The van der Waals surface area contributed by atoms with Crippen molar-refractivity contribution in [1.29, 1.82) is 0 Å². The van der Waals surface area contributed by atoms with Gasteiger partial charge in [0.05, 0.1) is 6.61 Å². The van der Waals surface area contributed by atoms with Crippen LogP contribution in [0.3, 0.4) is 0 Å². The Labute approximate surface area is 150 Å². The van der Waals surface area contributed by atoms with Gasteiger partial charge in [-0.2, -0.15) is 0 Å². The van der Waals surface area contributed by atoms with Crippen molar-refractivity contribution in [2.24, 2.45) is 0 Å². The second kappa shape index (κ2) is 8.39. The third-order valence-electron chi connectivity index (χ3n) is 4.35. The van der Waals surface area contributed by atoms with E-state index in [0.717, 1.165) is 18.7 Å². The second-order valence-electron chi connectivity index (χ2n) is 6.35. The summed E-state index contributed by atoms with van der Waals surface area (Å²) in [7, 11) is 0. The summed E-state index contributed by atoms with van der Waals surface area (Å²) in [4.78, 5) is 0. The monoisotopic (exact) mass is 331 g/mol. The Balaban J connectivity index is 1.56. The van der Waals surface area contributed by atoms with Gasteiger partial charge in [0.2, 0.25) is 0 Å². The third-order valence-corrected chi connectivity index (χ3v) is 4.35. The predicted molar refractivity (Wildman–Crippen MR) is 105 cm³/mol. The molecule has 0 aliphatic carbocycles. The molecule has 0 aliphatic rings. The number of aryl methyl sites for hydroxylation is 2. The van der Waals surface area contributed by atoms with Crippen molar-refractivity contribution in [3.63, 3.8) is 0 Å². The largest absolute Gasteiger partial charge is 0.493 e. The Morgan fingerprint density at radius 3 is 2.20 bits per heavy atom. The van der Waals surface area contributed by atoms with Gasteiger partial charge in [0.15, 0.2) is 0 Å². The van der Waals surface area contributed by atoms with Gasteiger partial charge < -0.3 is 10.1 Å². The zero-order chi connectivity index (χ0) is 17.5. The van der Waals surface area contributed by atoms with Crippen LogP contribution >= 0.6 is 0 Å². The van der Waals surface area contributed by atoms with Crippen molar-refractivity contribution in [2.45, 2.75) is 26.8 Å². The van der Waals surface area contributed by atoms with Crippen LogP contribution in [0.25, 0.3) is 0 Å². The molecule has 0 fully saturated rings. The van der Waals surface area contributed by atoms with Gasteiger partial charge >= 0.3 is 0 Å². The Bertz CT molecular complexity index is 791. The van der Waals surface area contributed by atoms with Gasteiger partial charge in [-0.3, -0.25) is 0 Å².